The standard InChI is InChI=1S/C12H22N4O/c1-8(2)12-15-10(7-11(17)16-12)14-6-4-5-9(3)13/h7-9H,4-6,13H2,1-3H3,(H2,14,15,16,17). The Hall–Kier alpha value is -1.36. The maximum absolute atomic E-state index is 11.4. The first-order chi connectivity index (χ1) is 7.99. The largest absolute Gasteiger partial charge is 0.370 e. The Morgan fingerprint density at radius 3 is 2.76 bits per heavy atom. The van der Waals surface area contributed by atoms with Crippen LogP contribution in [-0.2, 0) is 0 Å². The molecule has 1 atom stereocenters. The van der Waals surface area contributed by atoms with Crippen molar-refractivity contribution in [1.29, 1.82) is 0 Å². The number of nitrogens with zero attached hydrogens (tertiary/aromatic N) is 1. The topological polar surface area (TPSA) is 83.8 Å². The molecule has 0 saturated carbocycles. The quantitative estimate of drug-likeness (QED) is 0.655. The SMILES string of the molecule is CC(N)CCCNc1cc(=O)[nH]c(C(C)C)n1. The molecule has 1 aromatic heterocycles. The zero-order valence-corrected chi connectivity index (χ0v) is 10.8. The van der Waals surface area contributed by atoms with Crippen LogP contribution in [0.1, 0.15) is 45.4 Å². The molecule has 5 heteroatoms. The van der Waals surface area contributed by atoms with Crippen molar-refractivity contribution in [1.82, 2.24) is 9.97 Å². The van der Waals surface area contributed by atoms with Crippen LogP contribution >= 0.6 is 0 Å². The van der Waals surface area contributed by atoms with Crippen molar-refractivity contribution in [3.05, 3.63) is 22.2 Å². The van der Waals surface area contributed by atoms with Gasteiger partial charge in [0.1, 0.15) is 11.6 Å². The molecule has 0 aliphatic carbocycles. The van der Waals surface area contributed by atoms with Gasteiger partial charge < -0.3 is 16.0 Å². The minimum atomic E-state index is -0.113. The molecule has 4 N–H and O–H groups in total. The van der Waals surface area contributed by atoms with E-state index in [0.29, 0.717) is 11.6 Å². The number of rotatable bonds is 6. The zero-order valence-electron chi connectivity index (χ0n) is 10.8. The number of anilines is 1. The summed E-state index contributed by atoms with van der Waals surface area (Å²) in [6.45, 7) is 6.77. The fourth-order valence-electron chi connectivity index (χ4n) is 1.48. The first kappa shape index (κ1) is 13.7. The zero-order chi connectivity index (χ0) is 12.8. The van der Waals surface area contributed by atoms with Gasteiger partial charge in [0, 0.05) is 24.6 Å². The van der Waals surface area contributed by atoms with Crippen LogP contribution < -0.4 is 16.6 Å². The van der Waals surface area contributed by atoms with Crippen molar-refractivity contribution < 1.29 is 0 Å². The van der Waals surface area contributed by atoms with Gasteiger partial charge in [0.15, 0.2) is 0 Å². The van der Waals surface area contributed by atoms with E-state index in [1.807, 2.05) is 20.8 Å². The van der Waals surface area contributed by atoms with Gasteiger partial charge in [0.05, 0.1) is 0 Å². The van der Waals surface area contributed by atoms with Gasteiger partial charge in [-0.25, -0.2) is 4.98 Å². The van der Waals surface area contributed by atoms with Gasteiger partial charge in [-0.15, -0.1) is 0 Å². The van der Waals surface area contributed by atoms with Crippen molar-refractivity contribution in [3.8, 4) is 0 Å². The lowest BCUT2D eigenvalue weighted by atomic mass is 10.2. The number of nitrogens with two attached hydrogens (primary N) is 1. The molecule has 17 heavy (non-hydrogen) atoms. The van der Waals surface area contributed by atoms with Gasteiger partial charge in [-0.2, -0.15) is 0 Å². The van der Waals surface area contributed by atoms with Crippen molar-refractivity contribution >= 4 is 5.82 Å². The maximum Gasteiger partial charge on any atom is 0.252 e. The second kappa shape index (κ2) is 6.39. The molecule has 0 spiro atoms. The highest BCUT2D eigenvalue weighted by Gasteiger charge is 2.04. The Kier molecular flexibility index (Phi) is 5.15. The highest BCUT2D eigenvalue weighted by molar-refractivity contribution is 5.33. The Labute approximate surface area is 102 Å². The molecule has 0 aliphatic heterocycles. The van der Waals surface area contributed by atoms with E-state index in [9.17, 15) is 4.79 Å². The van der Waals surface area contributed by atoms with Crippen LogP contribution in [0.15, 0.2) is 10.9 Å². The summed E-state index contributed by atoms with van der Waals surface area (Å²) in [5.41, 5.74) is 5.55. The molecule has 1 heterocycles. The first-order valence-electron chi connectivity index (χ1n) is 6.09. The van der Waals surface area contributed by atoms with Gasteiger partial charge in [0.25, 0.3) is 5.56 Å². The molecule has 1 aromatic rings. The predicted molar refractivity (Wildman–Crippen MR) is 70.3 cm³/mol. The molecule has 0 radical (unpaired) electrons. The summed E-state index contributed by atoms with van der Waals surface area (Å²) in [7, 11) is 0. The molecule has 96 valence electrons. The lowest BCUT2D eigenvalue weighted by Crippen LogP contribution is -2.18. The summed E-state index contributed by atoms with van der Waals surface area (Å²) in [5, 5.41) is 3.15. The Bertz CT molecular complexity index is 398. The average Bonchev–Trinajstić information content (AvgIpc) is 2.23. The van der Waals surface area contributed by atoms with Crippen LogP contribution in [0.5, 0.6) is 0 Å². The van der Waals surface area contributed by atoms with Gasteiger partial charge in [0.2, 0.25) is 0 Å². The second-order valence-electron chi connectivity index (χ2n) is 4.72. The average molecular weight is 238 g/mol. The van der Waals surface area contributed by atoms with E-state index in [1.54, 1.807) is 0 Å². The number of hydrogen-bond acceptors (Lipinski definition) is 4. The van der Waals surface area contributed by atoms with Crippen molar-refractivity contribution in [2.75, 3.05) is 11.9 Å². The lowest BCUT2D eigenvalue weighted by molar-refractivity contribution is 0.638. The number of aromatic amines is 1. The van der Waals surface area contributed by atoms with E-state index in [4.69, 9.17) is 5.73 Å². The number of hydrogen-bond donors (Lipinski definition) is 3. The van der Waals surface area contributed by atoms with Gasteiger partial charge in [-0.1, -0.05) is 13.8 Å². The fourth-order valence-corrected chi connectivity index (χ4v) is 1.48. The van der Waals surface area contributed by atoms with E-state index < -0.39 is 0 Å². The number of H-pyrrole nitrogens is 1. The minimum Gasteiger partial charge on any atom is -0.370 e. The summed E-state index contributed by atoms with van der Waals surface area (Å²) in [4.78, 5) is 18.5. The third-order valence-corrected chi connectivity index (χ3v) is 2.45. The Morgan fingerprint density at radius 2 is 2.18 bits per heavy atom. The molecular weight excluding hydrogens is 216 g/mol. The molecule has 1 unspecified atom stereocenters. The highest BCUT2D eigenvalue weighted by atomic mass is 16.1. The highest BCUT2D eigenvalue weighted by Crippen LogP contribution is 2.09. The van der Waals surface area contributed by atoms with Crippen molar-refractivity contribution in [3.63, 3.8) is 0 Å². The summed E-state index contributed by atoms with van der Waals surface area (Å²) < 4.78 is 0. The molecule has 0 fully saturated rings. The predicted octanol–water partition coefficient (Wildman–Crippen LogP) is 1.43. The monoisotopic (exact) mass is 238 g/mol. The Balaban J connectivity index is 2.56. The van der Waals surface area contributed by atoms with Crippen LogP contribution in [0, 0.1) is 0 Å². The first-order valence-corrected chi connectivity index (χ1v) is 6.09. The van der Waals surface area contributed by atoms with Gasteiger partial charge in [-0.05, 0) is 19.8 Å². The molecule has 5 nitrogen and oxygen atoms in total. The normalized spacial score (nSPS) is 12.8. The van der Waals surface area contributed by atoms with E-state index in [0.717, 1.165) is 19.4 Å². The van der Waals surface area contributed by atoms with E-state index in [1.165, 1.54) is 6.07 Å². The van der Waals surface area contributed by atoms with E-state index in [2.05, 4.69) is 15.3 Å². The molecular formula is C12H22N4O. The van der Waals surface area contributed by atoms with Gasteiger partial charge >= 0.3 is 0 Å². The van der Waals surface area contributed by atoms with Crippen LogP contribution in [0.25, 0.3) is 0 Å². The molecule has 1 rings (SSSR count). The fraction of sp³-hybridized carbons (Fsp3) is 0.667. The summed E-state index contributed by atoms with van der Waals surface area (Å²) in [5.74, 6) is 1.57. The van der Waals surface area contributed by atoms with Gasteiger partial charge in [-0.3, -0.25) is 4.79 Å². The second-order valence-corrected chi connectivity index (χ2v) is 4.72. The molecule has 0 bridgehead atoms. The molecule has 0 saturated heterocycles. The van der Waals surface area contributed by atoms with Crippen LogP contribution in [0.3, 0.4) is 0 Å². The number of nitrogens with one attached hydrogen (secondary N) is 2. The summed E-state index contributed by atoms with van der Waals surface area (Å²) in [6, 6.07) is 1.70. The van der Waals surface area contributed by atoms with Crippen molar-refractivity contribution in [2.24, 2.45) is 5.73 Å². The Morgan fingerprint density at radius 1 is 1.47 bits per heavy atom. The van der Waals surface area contributed by atoms with Crippen molar-refractivity contribution in [2.45, 2.75) is 45.6 Å². The summed E-state index contributed by atoms with van der Waals surface area (Å²) in [6.07, 6.45) is 1.94. The minimum absolute atomic E-state index is 0.113. The summed E-state index contributed by atoms with van der Waals surface area (Å²) >= 11 is 0. The smallest absolute Gasteiger partial charge is 0.252 e. The van der Waals surface area contributed by atoms with E-state index >= 15 is 0 Å². The molecule has 0 aromatic carbocycles. The van der Waals surface area contributed by atoms with Crippen LogP contribution in [0.4, 0.5) is 5.82 Å². The van der Waals surface area contributed by atoms with Crippen LogP contribution in [0.2, 0.25) is 0 Å². The lowest BCUT2D eigenvalue weighted by Gasteiger charge is -2.09. The number of aromatic nitrogens is 2. The third-order valence-electron chi connectivity index (χ3n) is 2.45. The van der Waals surface area contributed by atoms with Crippen LogP contribution in [-0.4, -0.2) is 22.6 Å². The molecule has 0 amide bonds. The van der Waals surface area contributed by atoms with E-state index in [-0.39, 0.29) is 17.5 Å². The third kappa shape index (κ3) is 4.99. The maximum atomic E-state index is 11.4. The molecule has 0 aliphatic rings.